The number of nitrogens with one attached hydrogen (secondary N) is 2. The third kappa shape index (κ3) is 8.01. The molecule has 0 radical (unpaired) electrons. The number of guanidine groups is 1. The Balaban J connectivity index is 0.00000400. The number of nitrogens with zero attached hydrogens (tertiary/aromatic N) is 1. The Bertz CT molecular complexity index is 446. The van der Waals surface area contributed by atoms with E-state index in [1.165, 1.54) is 0 Å². The maximum atomic E-state index is 6.20. The maximum absolute atomic E-state index is 6.20. The molecular formula is C14H23ClIN3OS. The summed E-state index contributed by atoms with van der Waals surface area (Å²) in [5.74, 6) is 2.66. The number of methoxy groups -OCH3 is 1. The van der Waals surface area contributed by atoms with Crippen LogP contribution in [0.25, 0.3) is 0 Å². The maximum Gasteiger partial charge on any atom is 0.191 e. The fourth-order valence-corrected chi connectivity index (χ4v) is 2.24. The van der Waals surface area contributed by atoms with E-state index in [2.05, 4.69) is 21.9 Å². The summed E-state index contributed by atoms with van der Waals surface area (Å²) in [6.07, 6.45) is 2.93. The molecule has 0 aromatic heterocycles. The van der Waals surface area contributed by atoms with Gasteiger partial charge in [0, 0.05) is 30.9 Å². The van der Waals surface area contributed by atoms with E-state index in [4.69, 9.17) is 16.3 Å². The van der Waals surface area contributed by atoms with Gasteiger partial charge in [-0.2, -0.15) is 11.8 Å². The number of hydrogen-bond donors (Lipinski definition) is 2. The van der Waals surface area contributed by atoms with Gasteiger partial charge in [-0.15, -0.1) is 24.0 Å². The number of thioether (sulfide) groups is 1. The van der Waals surface area contributed by atoms with Crippen molar-refractivity contribution in [1.82, 2.24) is 10.6 Å². The Morgan fingerprint density at radius 3 is 2.62 bits per heavy atom. The summed E-state index contributed by atoms with van der Waals surface area (Å²) in [7, 11) is 3.41. The van der Waals surface area contributed by atoms with E-state index in [0.717, 1.165) is 47.6 Å². The molecule has 0 aliphatic rings. The molecule has 0 unspecified atom stereocenters. The molecule has 1 aromatic carbocycles. The Kier molecular flexibility index (Phi) is 12.0. The fourth-order valence-electron chi connectivity index (χ4n) is 1.67. The summed E-state index contributed by atoms with van der Waals surface area (Å²) in [5.41, 5.74) is 1.10. The summed E-state index contributed by atoms with van der Waals surface area (Å²) in [5, 5.41) is 7.26. The molecule has 21 heavy (non-hydrogen) atoms. The van der Waals surface area contributed by atoms with Gasteiger partial charge in [0.1, 0.15) is 5.75 Å². The lowest BCUT2D eigenvalue weighted by Gasteiger charge is -2.12. The van der Waals surface area contributed by atoms with Gasteiger partial charge in [0.25, 0.3) is 0 Å². The van der Waals surface area contributed by atoms with Crippen LogP contribution >= 0.6 is 47.3 Å². The van der Waals surface area contributed by atoms with Crippen molar-refractivity contribution in [3.63, 3.8) is 0 Å². The largest absolute Gasteiger partial charge is 0.497 e. The summed E-state index contributed by atoms with van der Waals surface area (Å²) >= 11 is 8.01. The van der Waals surface area contributed by atoms with Gasteiger partial charge in [0.05, 0.1) is 7.11 Å². The number of benzene rings is 1. The molecule has 1 rings (SSSR count). The molecule has 4 nitrogen and oxygen atoms in total. The molecule has 1 aromatic rings. The Hall–Kier alpha value is -0.340. The fraction of sp³-hybridized carbons (Fsp3) is 0.500. The second kappa shape index (κ2) is 12.2. The topological polar surface area (TPSA) is 45.7 Å². The molecule has 0 spiro atoms. The van der Waals surface area contributed by atoms with Crippen molar-refractivity contribution in [2.45, 2.75) is 6.42 Å². The van der Waals surface area contributed by atoms with Gasteiger partial charge in [0.15, 0.2) is 5.96 Å². The number of hydrogen-bond acceptors (Lipinski definition) is 3. The minimum Gasteiger partial charge on any atom is -0.497 e. The van der Waals surface area contributed by atoms with Gasteiger partial charge < -0.3 is 15.4 Å². The molecule has 7 heteroatoms. The minimum absolute atomic E-state index is 0. The first-order valence-corrected chi connectivity index (χ1v) is 8.24. The van der Waals surface area contributed by atoms with E-state index in [0.29, 0.717) is 0 Å². The zero-order chi connectivity index (χ0) is 14.8. The second-order valence-electron chi connectivity index (χ2n) is 4.13. The molecule has 2 N–H and O–H groups in total. The lowest BCUT2D eigenvalue weighted by Crippen LogP contribution is -2.39. The minimum atomic E-state index is 0. The van der Waals surface area contributed by atoms with Gasteiger partial charge in [-0.05, 0) is 30.4 Å². The van der Waals surface area contributed by atoms with Crippen molar-refractivity contribution in [3.8, 4) is 5.75 Å². The molecule has 0 saturated heterocycles. The second-order valence-corrected chi connectivity index (χ2v) is 5.52. The van der Waals surface area contributed by atoms with Crippen LogP contribution in [0.1, 0.15) is 5.56 Å². The van der Waals surface area contributed by atoms with Crippen LogP contribution in [0, 0.1) is 0 Å². The first-order chi connectivity index (χ1) is 9.71. The molecule has 0 fully saturated rings. The van der Waals surface area contributed by atoms with Gasteiger partial charge in [-0.3, -0.25) is 4.99 Å². The number of halogens is 2. The van der Waals surface area contributed by atoms with Crippen LogP contribution in [-0.2, 0) is 6.42 Å². The Labute approximate surface area is 153 Å². The quantitative estimate of drug-likeness (QED) is 0.294. The van der Waals surface area contributed by atoms with E-state index >= 15 is 0 Å². The van der Waals surface area contributed by atoms with Crippen LogP contribution in [0.4, 0.5) is 0 Å². The van der Waals surface area contributed by atoms with Gasteiger partial charge in [0.2, 0.25) is 0 Å². The first kappa shape index (κ1) is 20.7. The third-order valence-corrected chi connectivity index (χ3v) is 3.73. The smallest absolute Gasteiger partial charge is 0.191 e. The molecule has 0 aliphatic carbocycles. The highest BCUT2D eigenvalue weighted by molar-refractivity contribution is 14.0. The van der Waals surface area contributed by atoms with Crippen LogP contribution in [-0.4, -0.2) is 45.2 Å². The highest BCUT2D eigenvalue weighted by atomic mass is 127. The van der Waals surface area contributed by atoms with Gasteiger partial charge in [-0.1, -0.05) is 17.7 Å². The molecular weight excluding hydrogens is 421 g/mol. The predicted octanol–water partition coefficient (Wildman–Crippen LogP) is 3.04. The van der Waals surface area contributed by atoms with Crippen molar-refractivity contribution < 1.29 is 4.74 Å². The van der Waals surface area contributed by atoms with Gasteiger partial charge >= 0.3 is 0 Å². The number of ether oxygens (including phenoxy) is 1. The monoisotopic (exact) mass is 443 g/mol. The van der Waals surface area contributed by atoms with E-state index < -0.39 is 0 Å². The van der Waals surface area contributed by atoms with Crippen molar-refractivity contribution in [3.05, 3.63) is 28.8 Å². The summed E-state index contributed by atoms with van der Waals surface area (Å²) in [4.78, 5) is 4.17. The average Bonchev–Trinajstić information content (AvgIpc) is 2.47. The Morgan fingerprint density at radius 2 is 2.05 bits per heavy atom. The van der Waals surface area contributed by atoms with E-state index in [1.54, 1.807) is 25.9 Å². The van der Waals surface area contributed by atoms with E-state index in [-0.39, 0.29) is 24.0 Å². The van der Waals surface area contributed by atoms with Crippen LogP contribution in [0.15, 0.2) is 23.2 Å². The third-order valence-electron chi connectivity index (χ3n) is 2.77. The van der Waals surface area contributed by atoms with Crippen molar-refractivity contribution in [2.24, 2.45) is 4.99 Å². The van der Waals surface area contributed by atoms with E-state index in [1.807, 2.05) is 18.2 Å². The highest BCUT2D eigenvalue weighted by Gasteiger charge is 2.03. The van der Waals surface area contributed by atoms with Crippen molar-refractivity contribution >= 4 is 53.3 Å². The van der Waals surface area contributed by atoms with Crippen molar-refractivity contribution in [2.75, 3.05) is 39.3 Å². The standard InChI is InChI=1S/C14H22ClN3OS.HI/c1-16-14(18-8-9-20-3)17-7-6-11-4-5-12(19-2)10-13(11)15;/h4-5,10H,6-9H2,1-3H3,(H2,16,17,18);1H. The average molecular weight is 444 g/mol. The molecule has 120 valence electrons. The molecule has 0 atom stereocenters. The molecule has 0 amide bonds. The molecule has 0 aliphatic heterocycles. The summed E-state index contributed by atoms with van der Waals surface area (Å²) in [6.45, 7) is 1.69. The zero-order valence-electron chi connectivity index (χ0n) is 12.6. The molecule has 0 heterocycles. The highest BCUT2D eigenvalue weighted by Crippen LogP contribution is 2.22. The normalized spacial score (nSPS) is 10.8. The van der Waals surface area contributed by atoms with Crippen LogP contribution < -0.4 is 15.4 Å². The zero-order valence-corrected chi connectivity index (χ0v) is 16.5. The van der Waals surface area contributed by atoms with Crippen LogP contribution in [0.2, 0.25) is 5.02 Å². The van der Waals surface area contributed by atoms with Crippen molar-refractivity contribution in [1.29, 1.82) is 0 Å². The Morgan fingerprint density at radius 1 is 1.33 bits per heavy atom. The summed E-state index contributed by atoms with van der Waals surface area (Å²) < 4.78 is 5.13. The van der Waals surface area contributed by atoms with Gasteiger partial charge in [-0.25, -0.2) is 0 Å². The van der Waals surface area contributed by atoms with Crippen LogP contribution in [0.3, 0.4) is 0 Å². The lowest BCUT2D eigenvalue weighted by molar-refractivity contribution is 0.414. The molecule has 0 bridgehead atoms. The lowest BCUT2D eigenvalue weighted by atomic mass is 10.1. The SMILES string of the molecule is CN=C(NCCSC)NCCc1ccc(OC)cc1Cl.I. The number of aliphatic imine (C=N–C) groups is 1. The summed E-state index contributed by atoms with van der Waals surface area (Å²) in [6, 6.07) is 5.75. The van der Waals surface area contributed by atoms with Crippen LogP contribution in [0.5, 0.6) is 5.75 Å². The number of rotatable bonds is 7. The first-order valence-electron chi connectivity index (χ1n) is 6.47. The predicted molar refractivity (Wildman–Crippen MR) is 105 cm³/mol. The molecule has 0 saturated carbocycles. The van der Waals surface area contributed by atoms with E-state index in [9.17, 15) is 0 Å².